The van der Waals surface area contributed by atoms with Gasteiger partial charge in [-0.3, -0.25) is 4.79 Å². The summed E-state index contributed by atoms with van der Waals surface area (Å²) in [5, 5.41) is 0. The van der Waals surface area contributed by atoms with E-state index >= 15 is 0 Å². The molecular formula is C24H30N2O2. The first-order valence-electron chi connectivity index (χ1n) is 10.6. The molecule has 1 fully saturated rings. The fourth-order valence-electron chi connectivity index (χ4n) is 4.28. The minimum atomic E-state index is -0.398. The Hall–Kier alpha value is -2.49. The number of benzene rings is 2. The van der Waals surface area contributed by atoms with E-state index in [2.05, 4.69) is 41.3 Å². The smallest absolute Gasteiger partial charge is 0.263 e. The van der Waals surface area contributed by atoms with Gasteiger partial charge in [-0.05, 0) is 67.5 Å². The van der Waals surface area contributed by atoms with Crippen LogP contribution in [0.5, 0.6) is 5.75 Å². The van der Waals surface area contributed by atoms with Gasteiger partial charge in [-0.25, -0.2) is 0 Å². The number of carbonyl (C=O) groups excluding carboxylic acids is 1. The topological polar surface area (TPSA) is 32.8 Å². The van der Waals surface area contributed by atoms with Crippen LogP contribution in [0.15, 0.2) is 48.5 Å². The lowest BCUT2D eigenvalue weighted by Gasteiger charge is -2.37. The van der Waals surface area contributed by atoms with E-state index in [1.807, 2.05) is 24.0 Å². The molecule has 0 saturated carbocycles. The van der Waals surface area contributed by atoms with E-state index in [9.17, 15) is 4.79 Å². The summed E-state index contributed by atoms with van der Waals surface area (Å²) in [4.78, 5) is 17.4. The highest BCUT2D eigenvalue weighted by Gasteiger charge is 2.28. The Kier molecular flexibility index (Phi) is 5.84. The molecule has 148 valence electrons. The number of piperazine rings is 1. The number of aryl methyl sites for hydroxylation is 2. The lowest BCUT2D eigenvalue weighted by Crippen LogP contribution is -2.52. The van der Waals surface area contributed by atoms with Gasteiger partial charge in [0, 0.05) is 31.9 Å². The molecular weight excluding hydrogens is 348 g/mol. The standard InChI is InChI=1S/C24H30N2O2/c1-2-23(28-22-13-12-19-8-6-7-9-20(19)18-22)24(27)26-16-14-25(15-17-26)21-10-4-3-5-11-21/h3-5,10-13,18,23H,2,6-9,14-17H2,1H3/t23-/m0/s1. The van der Waals surface area contributed by atoms with Crippen molar-refractivity contribution in [3.8, 4) is 5.75 Å². The average molecular weight is 379 g/mol. The zero-order chi connectivity index (χ0) is 19.3. The summed E-state index contributed by atoms with van der Waals surface area (Å²) < 4.78 is 6.15. The molecule has 28 heavy (non-hydrogen) atoms. The Balaban J connectivity index is 1.37. The maximum Gasteiger partial charge on any atom is 0.263 e. The van der Waals surface area contributed by atoms with Crippen LogP contribution in [-0.2, 0) is 17.6 Å². The summed E-state index contributed by atoms with van der Waals surface area (Å²) in [5.74, 6) is 0.955. The lowest BCUT2D eigenvalue weighted by atomic mass is 9.92. The number of hydrogen-bond acceptors (Lipinski definition) is 3. The normalized spacial score (nSPS) is 17.8. The maximum atomic E-state index is 13.0. The van der Waals surface area contributed by atoms with E-state index in [0.717, 1.165) is 44.8 Å². The zero-order valence-corrected chi connectivity index (χ0v) is 16.8. The molecule has 2 aromatic rings. The van der Waals surface area contributed by atoms with E-state index in [1.165, 1.54) is 29.7 Å². The molecule has 0 bridgehead atoms. The number of hydrogen-bond donors (Lipinski definition) is 0. The van der Waals surface area contributed by atoms with Gasteiger partial charge in [0.2, 0.25) is 0 Å². The fraction of sp³-hybridized carbons (Fsp3) is 0.458. The molecule has 1 aliphatic heterocycles. The number of carbonyl (C=O) groups is 1. The summed E-state index contributed by atoms with van der Waals surface area (Å²) in [7, 11) is 0. The number of amides is 1. The first-order valence-corrected chi connectivity index (χ1v) is 10.6. The van der Waals surface area contributed by atoms with E-state index in [0.29, 0.717) is 6.42 Å². The molecule has 2 aromatic carbocycles. The van der Waals surface area contributed by atoms with E-state index < -0.39 is 6.10 Å². The molecule has 2 aliphatic rings. The number of para-hydroxylation sites is 1. The molecule has 1 aliphatic carbocycles. The third kappa shape index (κ3) is 4.16. The van der Waals surface area contributed by atoms with E-state index in [-0.39, 0.29) is 5.91 Å². The summed E-state index contributed by atoms with van der Waals surface area (Å²) in [6.07, 6.45) is 5.10. The zero-order valence-electron chi connectivity index (χ0n) is 16.8. The van der Waals surface area contributed by atoms with E-state index in [1.54, 1.807) is 0 Å². The second kappa shape index (κ2) is 8.68. The van der Waals surface area contributed by atoms with Crippen molar-refractivity contribution in [2.45, 2.75) is 45.1 Å². The summed E-state index contributed by atoms with van der Waals surface area (Å²) in [6.45, 7) is 5.26. The number of fused-ring (bicyclic) bond motifs is 1. The highest BCUT2D eigenvalue weighted by molar-refractivity contribution is 5.81. The third-order valence-corrected chi connectivity index (χ3v) is 5.96. The quantitative estimate of drug-likeness (QED) is 0.786. The first-order chi connectivity index (χ1) is 13.7. The average Bonchev–Trinajstić information content (AvgIpc) is 2.77. The largest absolute Gasteiger partial charge is 0.481 e. The third-order valence-electron chi connectivity index (χ3n) is 5.96. The first kappa shape index (κ1) is 18.9. The van der Waals surface area contributed by atoms with Crippen LogP contribution >= 0.6 is 0 Å². The molecule has 0 spiro atoms. The van der Waals surface area contributed by atoms with Crippen molar-refractivity contribution in [1.82, 2.24) is 4.90 Å². The maximum absolute atomic E-state index is 13.0. The Morgan fingerprint density at radius 1 is 0.964 bits per heavy atom. The van der Waals surface area contributed by atoms with Gasteiger partial charge in [-0.15, -0.1) is 0 Å². The molecule has 4 heteroatoms. The van der Waals surface area contributed by atoms with Crippen molar-refractivity contribution in [3.05, 3.63) is 59.7 Å². The fourth-order valence-corrected chi connectivity index (χ4v) is 4.28. The van der Waals surface area contributed by atoms with Gasteiger partial charge >= 0.3 is 0 Å². The van der Waals surface area contributed by atoms with Crippen LogP contribution in [-0.4, -0.2) is 43.1 Å². The van der Waals surface area contributed by atoms with Gasteiger partial charge in [-0.2, -0.15) is 0 Å². The van der Waals surface area contributed by atoms with Gasteiger partial charge in [0.15, 0.2) is 6.10 Å². The number of nitrogens with zero attached hydrogens (tertiary/aromatic N) is 2. The monoisotopic (exact) mass is 378 g/mol. The Bertz CT molecular complexity index is 798. The van der Waals surface area contributed by atoms with Crippen molar-refractivity contribution >= 4 is 11.6 Å². The molecule has 0 unspecified atom stereocenters. The van der Waals surface area contributed by atoms with Gasteiger partial charge in [0.25, 0.3) is 5.91 Å². The molecule has 1 saturated heterocycles. The molecule has 1 heterocycles. The Morgan fingerprint density at radius 2 is 1.68 bits per heavy atom. The summed E-state index contributed by atoms with van der Waals surface area (Å²) in [6, 6.07) is 16.8. The lowest BCUT2D eigenvalue weighted by molar-refractivity contribution is -0.139. The number of rotatable bonds is 5. The minimum absolute atomic E-state index is 0.118. The van der Waals surface area contributed by atoms with Crippen LogP contribution in [0.2, 0.25) is 0 Å². The van der Waals surface area contributed by atoms with Crippen molar-refractivity contribution in [2.75, 3.05) is 31.1 Å². The van der Waals surface area contributed by atoms with Crippen LogP contribution in [0.4, 0.5) is 5.69 Å². The molecule has 1 amide bonds. The van der Waals surface area contributed by atoms with Gasteiger partial charge < -0.3 is 14.5 Å². The molecule has 0 N–H and O–H groups in total. The minimum Gasteiger partial charge on any atom is -0.481 e. The van der Waals surface area contributed by atoms with Crippen molar-refractivity contribution < 1.29 is 9.53 Å². The van der Waals surface area contributed by atoms with Crippen molar-refractivity contribution in [3.63, 3.8) is 0 Å². The predicted molar refractivity (Wildman–Crippen MR) is 113 cm³/mol. The molecule has 4 nitrogen and oxygen atoms in total. The van der Waals surface area contributed by atoms with Crippen molar-refractivity contribution in [1.29, 1.82) is 0 Å². The van der Waals surface area contributed by atoms with Crippen LogP contribution < -0.4 is 9.64 Å². The highest BCUT2D eigenvalue weighted by Crippen LogP contribution is 2.26. The summed E-state index contributed by atoms with van der Waals surface area (Å²) >= 11 is 0. The molecule has 0 radical (unpaired) electrons. The highest BCUT2D eigenvalue weighted by atomic mass is 16.5. The molecule has 0 aromatic heterocycles. The number of ether oxygens (including phenoxy) is 1. The second-order valence-electron chi connectivity index (χ2n) is 7.80. The Labute approximate surface area is 168 Å². The van der Waals surface area contributed by atoms with E-state index in [4.69, 9.17) is 4.74 Å². The van der Waals surface area contributed by atoms with Gasteiger partial charge in [-0.1, -0.05) is 31.2 Å². The van der Waals surface area contributed by atoms with Crippen LogP contribution in [0.1, 0.15) is 37.3 Å². The Morgan fingerprint density at radius 3 is 2.39 bits per heavy atom. The van der Waals surface area contributed by atoms with Crippen LogP contribution in [0.25, 0.3) is 0 Å². The SMILES string of the molecule is CC[C@H](Oc1ccc2c(c1)CCCC2)C(=O)N1CCN(c2ccccc2)CC1. The van der Waals surface area contributed by atoms with Gasteiger partial charge in [0.05, 0.1) is 0 Å². The van der Waals surface area contributed by atoms with Crippen molar-refractivity contribution in [2.24, 2.45) is 0 Å². The summed E-state index contributed by atoms with van der Waals surface area (Å²) in [5.41, 5.74) is 4.06. The molecule has 4 rings (SSSR count). The van der Waals surface area contributed by atoms with Gasteiger partial charge in [0.1, 0.15) is 5.75 Å². The van der Waals surface area contributed by atoms with Crippen LogP contribution in [0.3, 0.4) is 0 Å². The second-order valence-corrected chi connectivity index (χ2v) is 7.80. The van der Waals surface area contributed by atoms with Crippen LogP contribution in [0, 0.1) is 0 Å². The number of anilines is 1. The predicted octanol–water partition coefficient (Wildman–Crippen LogP) is 4.07. The molecule has 1 atom stereocenters.